The molecule has 3 aromatic rings. The molecule has 1 unspecified atom stereocenters. The van der Waals surface area contributed by atoms with E-state index >= 15 is 0 Å². The first-order valence-electron chi connectivity index (χ1n) is 15.5. The largest absolute Gasteiger partial charge is 0.457 e. The summed E-state index contributed by atoms with van der Waals surface area (Å²) in [4.78, 5) is 47.8. The molecule has 2 heterocycles. The van der Waals surface area contributed by atoms with Gasteiger partial charge in [-0.2, -0.15) is 0 Å². The summed E-state index contributed by atoms with van der Waals surface area (Å²) < 4.78 is 16.2. The molecule has 2 fully saturated rings. The molecule has 1 saturated heterocycles. The maximum Gasteiger partial charge on any atom is 0.415 e. The summed E-state index contributed by atoms with van der Waals surface area (Å²) in [5, 5.41) is 15.1. The van der Waals surface area contributed by atoms with Crippen molar-refractivity contribution in [1.82, 2.24) is 14.9 Å². The van der Waals surface area contributed by atoms with Crippen LogP contribution in [0.15, 0.2) is 73.6 Å². The van der Waals surface area contributed by atoms with Gasteiger partial charge < -0.3 is 24.4 Å². The lowest BCUT2D eigenvalue weighted by Gasteiger charge is -2.33. The number of aromatic nitrogens is 2. The lowest BCUT2D eigenvalue weighted by molar-refractivity contribution is -0.157. The van der Waals surface area contributed by atoms with Crippen molar-refractivity contribution in [3.63, 3.8) is 0 Å². The second-order valence-corrected chi connectivity index (χ2v) is 11.2. The molecular formula is C34H38N6O6. The number of carbonyl (C=O) groups is 3. The molecule has 5 rings (SSSR count). The molecule has 12 nitrogen and oxygen atoms in total. The van der Waals surface area contributed by atoms with E-state index < -0.39 is 12.9 Å². The minimum atomic E-state index is -0.901. The number of hydrogen-bond donors (Lipinski definition) is 3. The highest BCUT2D eigenvalue weighted by molar-refractivity contribution is 6.17. The first-order valence-corrected chi connectivity index (χ1v) is 15.5. The Bertz CT molecular complexity index is 1540. The highest BCUT2D eigenvalue weighted by Gasteiger charge is 2.27. The standard InChI is InChI=1S/C34H38N6O6/c1-2-28(41)40-19-9-12-25(20-40)38-31-29(30(35)23-15-17-27(18-16-23)46-26-13-7-4-8-14-26)32(37-21-36-31)39-34(43)45-22-44-33(42)24-10-5-3-6-11-24/h2,4,7-8,13-18,21,24-25,35H,1,3,5-6,9-12,19-20,22H2,(H2,36,37,38,39,43). The SMILES string of the molecule is C=CC(=O)N1CCCC(Nc2ncnc(NC(=O)OCOC(=O)C3CCCCC3)c2C(=N)c2ccc(Oc3ccccc3)cc2)C1. The average Bonchev–Trinajstić information content (AvgIpc) is 3.09. The van der Waals surface area contributed by atoms with Crippen molar-refractivity contribution in [1.29, 1.82) is 5.41 Å². The maximum atomic E-state index is 12.8. The van der Waals surface area contributed by atoms with Crippen LogP contribution in [0.1, 0.15) is 56.1 Å². The lowest BCUT2D eigenvalue weighted by atomic mass is 9.89. The number of para-hydroxylation sites is 1. The van der Waals surface area contributed by atoms with Gasteiger partial charge in [0.1, 0.15) is 29.5 Å². The number of amides is 2. The van der Waals surface area contributed by atoms with Crippen LogP contribution < -0.4 is 15.4 Å². The van der Waals surface area contributed by atoms with E-state index in [0.717, 1.165) is 44.9 Å². The van der Waals surface area contributed by atoms with Gasteiger partial charge in [0.05, 0.1) is 17.2 Å². The highest BCUT2D eigenvalue weighted by Crippen LogP contribution is 2.28. The predicted molar refractivity (Wildman–Crippen MR) is 172 cm³/mol. The van der Waals surface area contributed by atoms with Gasteiger partial charge in [-0.15, -0.1) is 0 Å². The van der Waals surface area contributed by atoms with Crippen molar-refractivity contribution in [3.8, 4) is 11.5 Å². The van der Waals surface area contributed by atoms with Crippen molar-refractivity contribution in [2.45, 2.75) is 51.0 Å². The van der Waals surface area contributed by atoms with Crippen molar-refractivity contribution >= 4 is 35.3 Å². The lowest BCUT2D eigenvalue weighted by Crippen LogP contribution is -2.44. The van der Waals surface area contributed by atoms with Gasteiger partial charge in [0.2, 0.25) is 12.7 Å². The topological polar surface area (TPSA) is 156 Å². The molecule has 1 saturated carbocycles. The summed E-state index contributed by atoms with van der Waals surface area (Å²) in [6.07, 6.45) is 7.80. The minimum Gasteiger partial charge on any atom is -0.457 e. The van der Waals surface area contributed by atoms with Gasteiger partial charge in [-0.25, -0.2) is 14.8 Å². The second kappa shape index (κ2) is 15.6. The van der Waals surface area contributed by atoms with Crippen LogP contribution >= 0.6 is 0 Å². The number of rotatable bonds is 11. The summed E-state index contributed by atoms with van der Waals surface area (Å²) in [6.45, 7) is 4.09. The predicted octanol–water partition coefficient (Wildman–Crippen LogP) is 5.90. The number of hydrogen-bond acceptors (Lipinski definition) is 10. The molecule has 0 bridgehead atoms. The van der Waals surface area contributed by atoms with Gasteiger partial charge in [0, 0.05) is 24.7 Å². The normalized spacial score (nSPS) is 16.5. The fourth-order valence-electron chi connectivity index (χ4n) is 5.63. The molecule has 1 aliphatic carbocycles. The van der Waals surface area contributed by atoms with E-state index in [1.165, 1.54) is 12.4 Å². The molecule has 2 aliphatic rings. The van der Waals surface area contributed by atoms with Crippen LogP contribution in [0.2, 0.25) is 0 Å². The molecule has 240 valence electrons. The molecule has 46 heavy (non-hydrogen) atoms. The molecule has 1 aromatic heterocycles. The zero-order valence-electron chi connectivity index (χ0n) is 25.6. The number of piperidine rings is 1. The number of carbonyl (C=O) groups excluding carboxylic acids is 3. The third-order valence-corrected chi connectivity index (χ3v) is 8.02. The molecule has 0 spiro atoms. The minimum absolute atomic E-state index is 0.0308. The summed E-state index contributed by atoms with van der Waals surface area (Å²) in [5.74, 6) is 0.898. The van der Waals surface area contributed by atoms with Crippen LogP contribution in [0, 0.1) is 11.3 Å². The Morgan fingerprint density at radius 3 is 2.37 bits per heavy atom. The molecule has 0 radical (unpaired) electrons. The van der Waals surface area contributed by atoms with Crippen molar-refractivity contribution in [2.24, 2.45) is 5.92 Å². The quantitative estimate of drug-likeness (QED) is 0.102. The van der Waals surface area contributed by atoms with E-state index in [1.807, 2.05) is 30.3 Å². The van der Waals surface area contributed by atoms with Crippen LogP contribution in [0.4, 0.5) is 16.4 Å². The van der Waals surface area contributed by atoms with Crippen LogP contribution in [-0.4, -0.2) is 64.5 Å². The van der Waals surface area contributed by atoms with Crippen LogP contribution in [0.25, 0.3) is 0 Å². The van der Waals surface area contributed by atoms with E-state index in [-0.39, 0.29) is 40.9 Å². The molecule has 3 N–H and O–H groups in total. The first kappa shape index (κ1) is 32.1. The number of nitrogens with one attached hydrogen (secondary N) is 3. The average molecular weight is 627 g/mol. The fourth-order valence-corrected chi connectivity index (χ4v) is 5.63. The van der Waals surface area contributed by atoms with Crippen molar-refractivity contribution in [3.05, 3.63) is 84.7 Å². The molecule has 1 atom stereocenters. The van der Waals surface area contributed by atoms with E-state index in [4.69, 9.17) is 19.6 Å². The number of anilines is 2. The number of benzene rings is 2. The van der Waals surface area contributed by atoms with E-state index in [9.17, 15) is 14.4 Å². The smallest absolute Gasteiger partial charge is 0.415 e. The Labute approximate surface area is 267 Å². The van der Waals surface area contributed by atoms with Gasteiger partial charge in [0.25, 0.3) is 0 Å². The zero-order chi connectivity index (χ0) is 32.3. The van der Waals surface area contributed by atoms with Gasteiger partial charge in [0.15, 0.2) is 0 Å². The fraction of sp³-hybridized carbons (Fsp3) is 0.353. The number of esters is 1. The molecular weight excluding hydrogens is 588 g/mol. The Balaban J connectivity index is 1.33. The monoisotopic (exact) mass is 626 g/mol. The second-order valence-electron chi connectivity index (χ2n) is 11.2. The van der Waals surface area contributed by atoms with Gasteiger partial charge in [-0.1, -0.05) is 44.0 Å². The highest BCUT2D eigenvalue weighted by atomic mass is 16.7. The van der Waals surface area contributed by atoms with Crippen molar-refractivity contribution in [2.75, 3.05) is 30.5 Å². The zero-order valence-corrected chi connectivity index (χ0v) is 25.6. The Morgan fingerprint density at radius 1 is 0.913 bits per heavy atom. The third-order valence-electron chi connectivity index (χ3n) is 8.02. The summed E-state index contributed by atoms with van der Waals surface area (Å²) in [7, 11) is 0. The summed E-state index contributed by atoms with van der Waals surface area (Å²) in [6, 6.07) is 16.1. The van der Waals surface area contributed by atoms with E-state index in [0.29, 0.717) is 36.0 Å². The van der Waals surface area contributed by atoms with Gasteiger partial charge in [-0.05, 0) is 68.2 Å². The van der Waals surface area contributed by atoms with Crippen LogP contribution in [0.3, 0.4) is 0 Å². The third kappa shape index (κ3) is 8.46. The van der Waals surface area contributed by atoms with Gasteiger partial charge in [-0.3, -0.25) is 20.3 Å². The Hall–Kier alpha value is -5.26. The number of nitrogens with zero attached hydrogens (tertiary/aromatic N) is 3. The van der Waals surface area contributed by atoms with Crippen LogP contribution in [0.5, 0.6) is 11.5 Å². The summed E-state index contributed by atoms with van der Waals surface area (Å²) >= 11 is 0. The molecule has 2 amide bonds. The first-order chi connectivity index (χ1) is 22.4. The summed E-state index contributed by atoms with van der Waals surface area (Å²) in [5.41, 5.74) is 0.772. The molecule has 1 aliphatic heterocycles. The van der Waals surface area contributed by atoms with Gasteiger partial charge >= 0.3 is 12.1 Å². The molecule has 12 heteroatoms. The number of likely N-dealkylation sites (tertiary alicyclic amines) is 1. The Morgan fingerprint density at radius 2 is 1.63 bits per heavy atom. The number of ether oxygens (including phenoxy) is 3. The van der Waals surface area contributed by atoms with Crippen molar-refractivity contribution < 1.29 is 28.6 Å². The molecule has 2 aromatic carbocycles. The van der Waals surface area contributed by atoms with Crippen LogP contribution in [-0.2, 0) is 19.1 Å². The van der Waals surface area contributed by atoms with E-state index in [2.05, 4.69) is 27.2 Å². The van der Waals surface area contributed by atoms with E-state index in [1.54, 1.807) is 29.2 Å². The Kier molecular flexibility index (Phi) is 10.9. The maximum absolute atomic E-state index is 12.8.